The summed E-state index contributed by atoms with van der Waals surface area (Å²) in [6.07, 6.45) is 4.46. The van der Waals surface area contributed by atoms with Gasteiger partial charge in [-0.25, -0.2) is 0 Å². The van der Waals surface area contributed by atoms with Crippen molar-refractivity contribution in [3.05, 3.63) is 0 Å². The topological polar surface area (TPSA) is 66.5 Å². The lowest BCUT2D eigenvalue weighted by Crippen LogP contribution is -2.40. The largest absolute Gasteiger partial charge is 0.396 e. The Kier molecular flexibility index (Phi) is 3.98. The van der Waals surface area contributed by atoms with Crippen LogP contribution in [0.5, 0.6) is 0 Å². The molecule has 0 aromatic carbocycles. The Morgan fingerprint density at radius 1 is 1.33 bits per heavy atom. The van der Waals surface area contributed by atoms with Gasteiger partial charge in [-0.05, 0) is 19.3 Å². The van der Waals surface area contributed by atoms with Gasteiger partial charge in [0.1, 0.15) is 0 Å². The van der Waals surface area contributed by atoms with Crippen LogP contribution >= 0.6 is 0 Å². The molecule has 0 heterocycles. The molecule has 0 aromatic heterocycles. The maximum Gasteiger partial charge on any atom is 0.0605 e. The molecule has 0 amide bonds. The smallest absolute Gasteiger partial charge is 0.0605 e. The molecule has 1 rings (SSSR count). The molecular weight excluding hydrogens is 154 g/mol. The van der Waals surface area contributed by atoms with Crippen LogP contribution in [-0.2, 0) is 0 Å². The molecule has 4 N–H and O–H groups in total. The Bertz CT molecular complexity index is 130. The van der Waals surface area contributed by atoms with Gasteiger partial charge >= 0.3 is 0 Å². The number of hydrogen-bond acceptors (Lipinski definition) is 3. The van der Waals surface area contributed by atoms with Gasteiger partial charge in [-0.2, -0.15) is 0 Å². The van der Waals surface area contributed by atoms with Crippen LogP contribution < -0.4 is 5.73 Å². The predicted octanol–water partition coefficient (Wildman–Crippen LogP) is 0.247. The van der Waals surface area contributed by atoms with Gasteiger partial charge in [0.25, 0.3) is 0 Å². The summed E-state index contributed by atoms with van der Waals surface area (Å²) in [7, 11) is 0. The normalized spacial score (nSPS) is 33.2. The highest BCUT2D eigenvalue weighted by Crippen LogP contribution is 2.26. The van der Waals surface area contributed by atoms with Crippen LogP contribution in [0.25, 0.3) is 0 Å². The third kappa shape index (κ3) is 2.44. The summed E-state index contributed by atoms with van der Waals surface area (Å²) in [4.78, 5) is 0. The third-order valence-electron chi connectivity index (χ3n) is 2.79. The molecule has 0 bridgehead atoms. The van der Waals surface area contributed by atoms with E-state index in [2.05, 4.69) is 0 Å². The Labute approximate surface area is 73.6 Å². The van der Waals surface area contributed by atoms with E-state index < -0.39 is 6.10 Å². The van der Waals surface area contributed by atoms with Crippen molar-refractivity contribution in [3.63, 3.8) is 0 Å². The van der Waals surface area contributed by atoms with Crippen molar-refractivity contribution in [1.29, 1.82) is 0 Å². The number of hydrogen-bond donors (Lipinski definition) is 3. The number of rotatable bonds is 3. The van der Waals surface area contributed by atoms with Gasteiger partial charge in [-0.1, -0.05) is 12.8 Å². The lowest BCUT2D eigenvalue weighted by atomic mass is 9.80. The second-order valence-electron chi connectivity index (χ2n) is 3.69. The van der Waals surface area contributed by atoms with E-state index in [0.29, 0.717) is 6.42 Å². The Hall–Kier alpha value is -0.120. The first-order valence-electron chi connectivity index (χ1n) is 4.80. The Morgan fingerprint density at radius 2 is 2.00 bits per heavy atom. The van der Waals surface area contributed by atoms with Gasteiger partial charge in [-0.3, -0.25) is 0 Å². The molecule has 3 unspecified atom stereocenters. The number of aliphatic hydroxyl groups is 2. The molecule has 0 spiro atoms. The second kappa shape index (κ2) is 4.80. The van der Waals surface area contributed by atoms with Crippen LogP contribution in [0.1, 0.15) is 32.1 Å². The van der Waals surface area contributed by atoms with Crippen molar-refractivity contribution in [3.8, 4) is 0 Å². The fourth-order valence-corrected chi connectivity index (χ4v) is 2.01. The minimum absolute atomic E-state index is 0.0599. The van der Waals surface area contributed by atoms with E-state index in [1.807, 2.05) is 0 Å². The van der Waals surface area contributed by atoms with Gasteiger partial charge in [0.05, 0.1) is 6.10 Å². The molecule has 0 saturated heterocycles. The SMILES string of the molecule is NC1CCCCC1C(O)CCO. The van der Waals surface area contributed by atoms with E-state index >= 15 is 0 Å². The zero-order valence-electron chi connectivity index (χ0n) is 7.45. The molecule has 1 saturated carbocycles. The molecule has 3 heteroatoms. The molecule has 1 aliphatic carbocycles. The van der Waals surface area contributed by atoms with Crippen LogP contribution in [0.2, 0.25) is 0 Å². The first-order chi connectivity index (χ1) is 5.75. The first-order valence-corrected chi connectivity index (χ1v) is 4.80. The summed E-state index contributed by atoms with van der Waals surface area (Å²) < 4.78 is 0. The van der Waals surface area contributed by atoms with Crippen molar-refractivity contribution in [2.24, 2.45) is 11.7 Å². The quantitative estimate of drug-likeness (QED) is 0.573. The van der Waals surface area contributed by atoms with E-state index in [1.54, 1.807) is 0 Å². The number of aliphatic hydroxyl groups excluding tert-OH is 2. The summed E-state index contributed by atoms with van der Waals surface area (Å²) in [6, 6.07) is 0.139. The zero-order valence-corrected chi connectivity index (χ0v) is 7.45. The highest BCUT2D eigenvalue weighted by Gasteiger charge is 2.27. The van der Waals surface area contributed by atoms with Crippen molar-refractivity contribution in [2.75, 3.05) is 6.61 Å². The van der Waals surface area contributed by atoms with Crippen molar-refractivity contribution >= 4 is 0 Å². The molecule has 0 aromatic rings. The van der Waals surface area contributed by atoms with Gasteiger partial charge in [0, 0.05) is 18.6 Å². The lowest BCUT2D eigenvalue weighted by molar-refractivity contribution is 0.0507. The second-order valence-corrected chi connectivity index (χ2v) is 3.69. The molecular formula is C9H19NO2. The van der Waals surface area contributed by atoms with Crippen LogP contribution in [0.15, 0.2) is 0 Å². The highest BCUT2D eigenvalue weighted by molar-refractivity contribution is 4.82. The molecule has 0 aliphatic heterocycles. The maximum atomic E-state index is 9.60. The van der Waals surface area contributed by atoms with Crippen molar-refractivity contribution in [2.45, 2.75) is 44.2 Å². The molecule has 3 nitrogen and oxygen atoms in total. The summed E-state index contributed by atoms with van der Waals surface area (Å²) in [5.74, 6) is 0.214. The Morgan fingerprint density at radius 3 is 2.58 bits per heavy atom. The highest BCUT2D eigenvalue weighted by atomic mass is 16.3. The van der Waals surface area contributed by atoms with E-state index in [-0.39, 0.29) is 18.6 Å². The molecule has 12 heavy (non-hydrogen) atoms. The molecule has 0 radical (unpaired) electrons. The third-order valence-corrected chi connectivity index (χ3v) is 2.79. The Balaban J connectivity index is 2.36. The summed E-state index contributed by atoms with van der Waals surface area (Å²) in [6.45, 7) is 0.0599. The predicted molar refractivity (Wildman–Crippen MR) is 47.6 cm³/mol. The van der Waals surface area contributed by atoms with Gasteiger partial charge in [-0.15, -0.1) is 0 Å². The summed E-state index contributed by atoms with van der Waals surface area (Å²) in [5.41, 5.74) is 5.87. The fourth-order valence-electron chi connectivity index (χ4n) is 2.01. The molecule has 1 aliphatic rings. The standard InChI is InChI=1S/C9H19NO2/c10-8-4-2-1-3-7(8)9(12)5-6-11/h7-9,11-12H,1-6,10H2. The first kappa shape index (κ1) is 9.96. The minimum Gasteiger partial charge on any atom is -0.396 e. The lowest BCUT2D eigenvalue weighted by Gasteiger charge is -2.32. The molecule has 72 valence electrons. The monoisotopic (exact) mass is 173 g/mol. The minimum atomic E-state index is -0.398. The number of nitrogens with two attached hydrogens (primary N) is 1. The van der Waals surface area contributed by atoms with E-state index in [1.165, 1.54) is 12.8 Å². The van der Waals surface area contributed by atoms with Crippen LogP contribution in [-0.4, -0.2) is 29.0 Å². The zero-order chi connectivity index (χ0) is 8.97. The van der Waals surface area contributed by atoms with E-state index in [4.69, 9.17) is 10.8 Å². The van der Waals surface area contributed by atoms with Crippen LogP contribution in [0.3, 0.4) is 0 Å². The fraction of sp³-hybridized carbons (Fsp3) is 1.00. The average molecular weight is 173 g/mol. The van der Waals surface area contributed by atoms with Crippen LogP contribution in [0.4, 0.5) is 0 Å². The van der Waals surface area contributed by atoms with Gasteiger partial charge in [0.15, 0.2) is 0 Å². The molecule has 3 atom stereocenters. The van der Waals surface area contributed by atoms with Crippen LogP contribution in [0, 0.1) is 5.92 Å². The van der Waals surface area contributed by atoms with Gasteiger partial charge < -0.3 is 15.9 Å². The van der Waals surface area contributed by atoms with E-state index in [9.17, 15) is 5.11 Å². The van der Waals surface area contributed by atoms with Crippen molar-refractivity contribution < 1.29 is 10.2 Å². The van der Waals surface area contributed by atoms with E-state index in [0.717, 1.165) is 12.8 Å². The average Bonchev–Trinajstić information content (AvgIpc) is 2.05. The summed E-state index contributed by atoms with van der Waals surface area (Å²) >= 11 is 0. The summed E-state index contributed by atoms with van der Waals surface area (Å²) in [5, 5.41) is 18.3. The molecule has 1 fully saturated rings. The maximum absolute atomic E-state index is 9.60. The van der Waals surface area contributed by atoms with Crippen molar-refractivity contribution in [1.82, 2.24) is 0 Å². The van der Waals surface area contributed by atoms with Gasteiger partial charge in [0.2, 0.25) is 0 Å².